The predicted octanol–water partition coefficient (Wildman–Crippen LogP) is 3.10. The third-order valence-corrected chi connectivity index (χ3v) is 4.07. The molecule has 2 amide bonds. The molecule has 1 N–H and O–H groups in total. The topological polar surface area (TPSA) is 60.9 Å². The maximum absolute atomic E-state index is 12.4. The summed E-state index contributed by atoms with van der Waals surface area (Å²) < 4.78 is 37.3. The average molecular weight is 324 g/mol. The van der Waals surface area contributed by atoms with Gasteiger partial charge in [-0.05, 0) is 46.5 Å². The predicted molar refractivity (Wildman–Crippen MR) is 74.5 cm³/mol. The number of halogens is 3. The lowest BCUT2D eigenvalue weighted by Crippen LogP contribution is -2.54. The van der Waals surface area contributed by atoms with Gasteiger partial charge in [-0.15, -0.1) is 0 Å². The normalized spacial score (nSPS) is 23.0. The summed E-state index contributed by atoms with van der Waals surface area (Å²) in [4.78, 5) is 24.7. The van der Waals surface area contributed by atoms with Crippen molar-refractivity contribution in [2.75, 3.05) is 7.05 Å². The number of nitrogens with zero attached hydrogens (tertiary/aromatic N) is 2. The van der Waals surface area contributed by atoms with Crippen LogP contribution in [0.1, 0.15) is 46.5 Å². The number of hydrogen-bond acceptors (Lipinski definition) is 2. The van der Waals surface area contributed by atoms with Gasteiger partial charge in [-0.3, -0.25) is 4.79 Å². The smallest absolute Gasteiger partial charge is 0.465 e. The summed E-state index contributed by atoms with van der Waals surface area (Å²) in [5, 5.41) is 9.34. The Morgan fingerprint density at radius 3 is 1.73 bits per heavy atom. The monoisotopic (exact) mass is 324 g/mol. The SMILES string of the molecule is CN(C(=O)C(F)(F)F)C1CCC(N(C(=O)O)C(C)(C)C)CC1. The number of carbonyl (C=O) groups is 2. The van der Waals surface area contributed by atoms with E-state index in [0.717, 1.165) is 11.9 Å². The fourth-order valence-corrected chi connectivity index (χ4v) is 3.06. The van der Waals surface area contributed by atoms with Gasteiger partial charge in [-0.2, -0.15) is 13.2 Å². The molecule has 0 unspecified atom stereocenters. The van der Waals surface area contributed by atoms with Crippen molar-refractivity contribution in [1.29, 1.82) is 0 Å². The zero-order valence-electron chi connectivity index (χ0n) is 13.3. The van der Waals surface area contributed by atoms with E-state index in [1.165, 1.54) is 4.90 Å². The fourth-order valence-electron chi connectivity index (χ4n) is 3.06. The van der Waals surface area contributed by atoms with Crippen LogP contribution in [0.5, 0.6) is 0 Å². The van der Waals surface area contributed by atoms with E-state index < -0.39 is 29.8 Å². The van der Waals surface area contributed by atoms with Crippen molar-refractivity contribution in [1.82, 2.24) is 9.80 Å². The number of hydrogen-bond donors (Lipinski definition) is 1. The minimum absolute atomic E-state index is 0.233. The summed E-state index contributed by atoms with van der Waals surface area (Å²) in [5.74, 6) is -1.85. The van der Waals surface area contributed by atoms with E-state index in [-0.39, 0.29) is 6.04 Å². The molecular weight excluding hydrogens is 301 g/mol. The van der Waals surface area contributed by atoms with E-state index in [4.69, 9.17) is 0 Å². The van der Waals surface area contributed by atoms with E-state index in [1.807, 2.05) is 0 Å². The Morgan fingerprint density at radius 2 is 1.41 bits per heavy atom. The second kappa shape index (κ2) is 6.34. The second-order valence-corrected chi connectivity index (χ2v) is 6.70. The van der Waals surface area contributed by atoms with Crippen LogP contribution in [-0.2, 0) is 4.79 Å². The molecule has 0 aliphatic heterocycles. The van der Waals surface area contributed by atoms with Crippen LogP contribution in [0.3, 0.4) is 0 Å². The molecule has 8 heteroatoms. The summed E-state index contributed by atoms with van der Waals surface area (Å²) in [7, 11) is 1.15. The summed E-state index contributed by atoms with van der Waals surface area (Å²) in [6.07, 6.45) is -4.28. The molecular formula is C14H23F3N2O3. The van der Waals surface area contributed by atoms with Gasteiger partial charge in [0.25, 0.3) is 0 Å². The molecule has 0 radical (unpaired) electrons. The van der Waals surface area contributed by atoms with E-state index >= 15 is 0 Å². The maximum Gasteiger partial charge on any atom is 0.471 e. The summed E-state index contributed by atoms with van der Waals surface area (Å²) >= 11 is 0. The van der Waals surface area contributed by atoms with Crippen LogP contribution < -0.4 is 0 Å². The van der Waals surface area contributed by atoms with Crippen molar-refractivity contribution in [3.05, 3.63) is 0 Å². The van der Waals surface area contributed by atoms with Crippen molar-refractivity contribution in [2.24, 2.45) is 0 Å². The Morgan fingerprint density at radius 1 is 1.00 bits per heavy atom. The number of carbonyl (C=O) groups excluding carboxylic acids is 1. The number of rotatable bonds is 2. The number of carboxylic acid groups (broad SMARTS) is 1. The van der Waals surface area contributed by atoms with Crippen molar-refractivity contribution >= 4 is 12.0 Å². The minimum Gasteiger partial charge on any atom is -0.465 e. The zero-order chi connectivity index (χ0) is 17.3. The summed E-state index contributed by atoms with van der Waals surface area (Å²) in [6.45, 7) is 5.35. The van der Waals surface area contributed by atoms with Crippen molar-refractivity contribution in [3.8, 4) is 0 Å². The molecule has 128 valence electrons. The van der Waals surface area contributed by atoms with Gasteiger partial charge < -0.3 is 14.9 Å². The Kier molecular flexibility index (Phi) is 5.35. The minimum atomic E-state index is -4.87. The van der Waals surface area contributed by atoms with Gasteiger partial charge in [0, 0.05) is 24.7 Å². The summed E-state index contributed by atoms with van der Waals surface area (Å²) in [6, 6.07) is -0.732. The van der Waals surface area contributed by atoms with Crippen LogP contribution in [0.15, 0.2) is 0 Å². The molecule has 1 saturated carbocycles. The Bertz CT molecular complexity index is 424. The van der Waals surface area contributed by atoms with Crippen LogP contribution in [0.25, 0.3) is 0 Å². The van der Waals surface area contributed by atoms with Gasteiger partial charge >= 0.3 is 18.2 Å². The highest BCUT2D eigenvalue weighted by Gasteiger charge is 2.44. The number of alkyl halides is 3. The summed E-state index contributed by atoms with van der Waals surface area (Å²) in [5.41, 5.74) is -0.572. The Labute approximate surface area is 128 Å². The third kappa shape index (κ3) is 4.27. The van der Waals surface area contributed by atoms with Crippen molar-refractivity contribution < 1.29 is 27.9 Å². The Hall–Kier alpha value is -1.47. The van der Waals surface area contributed by atoms with Gasteiger partial charge in [-0.25, -0.2) is 4.79 Å². The van der Waals surface area contributed by atoms with Crippen molar-refractivity contribution in [2.45, 2.75) is 70.3 Å². The lowest BCUT2D eigenvalue weighted by Gasteiger charge is -2.44. The van der Waals surface area contributed by atoms with E-state index in [1.54, 1.807) is 20.8 Å². The quantitative estimate of drug-likeness (QED) is 0.849. The van der Waals surface area contributed by atoms with E-state index in [2.05, 4.69) is 0 Å². The van der Waals surface area contributed by atoms with Gasteiger partial charge in [0.1, 0.15) is 0 Å². The maximum atomic E-state index is 12.4. The first-order valence-electron chi connectivity index (χ1n) is 7.22. The van der Waals surface area contributed by atoms with Crippen LogP contribution in [0.4, 0.5) is 18.0 Å². The van der Waals surface area contributed by atoms with Gasteiger partial charge in [0.2, 0.25) is 0 Å². The van der Waals surface area contributed by atoms with Gasteiger partial charge in [-0.1, -0.05) is 0 Å². The fraction of sp³-hybridized carbons (Fsp3) is 0.857. The second-order valence-electron chi connectivity index (χ2n) is 6.70. The number of amides is 2. The molecule has 0 aromatic rings. The van der Waals surface area contributed by atoms with Crippen molar-refractivity contribution in [3.63, 3.8) is 0 Å². The van der Waals surface area contributed by atoms with Crippen LogP contribution in [-0.4, -0.2) is 57.8 Å². The highest BCUT2D eigenvalue weighted by molar-refractivity contribution is 5.81. The molecule has 1 aliphatic rings. The first kappa shape index (κ1) is 18.6. The average Bonchev–Trinajstić information content (AvgIpc) is 2.34. The standard InChI is InChI=1S/C14H23F3N2O3/c1-13(2,3)19(12(21)22)10-7-5-9(6-8-10)18(4)11(20)14(15,16)17/h9-10H,5-8H2,1-4H3,(H,21,22). The van der Waals surface area contributed by atoms with Crippen LogP contribution in [0.2, 0.25) is 0 Å². The molecule has 0 spiro atoms. The highest BCUT2D eigenvalue weighted by atomic mass is 19.4. The van der Waals surface area contributed by atoms with E-state index in [9.17, 15) is 27.9 Å². The molecule has 22 heavy (non-hydrogen) atoms. The molecule has 1 aliphatic carbocycles. The lowest BCUT2D eigenvalue weighted by molar-refractivity contribution is -0.186. The molecule has 0 atom stereocenters. The third-order valence-electron chi connectivity index (χ3n) is 4.07. The molecule has 0 aromatic heterocycles. The van der Waals surface area contributed by atoms with Crippen LogP contribution >= 0.6 is 0 Å². The molecule has 0 bridgehead atoms. The lowest BCUT2D eigenvalue weighted by atomic mass is 9.87. The molecule has 1 rings (SSSR count). The molecule has 0 aromatic carbocycles. The molecule has 0 heterocycles. The largest absolute Gasteiger partial charge is 0.471 e. The van der Waals surface area contributed by atoms with Gasteiger partial charge in [0.05, 0.1) is 0 Å². The van der Waals surface area contributed by atoms with Crippen LogP contribution in [0, 0.1) is 0 Å². The van der Waals surface area contributed by atoms with Gasteiger partial charge in [0.15, 0.2) is 0 Å². The first-order chi connectivity index (χ1) is 9.85. The molecule has 0 saturated heterocycles. The first-order valence-corrected chi connectivity index (χ1v) is 7.22. The molecule has 1 fully saturated rings. The Balaban J connectivity index is 2.70. The zero-order valence-corrected chi connectivity index (χ0v) is 13.3. The molecule has 5 nitrogen and oxygen atoms in total. The highest BCUT2D eigenvalue weighted by Crippen LogP contribution is 2.31. The van der Waals surface area contributed by atoms with E-state index in [0.29, 0.717) is 25.7 Å².